The lowest BCUT2D eigenvalue weighted by atomic mass is 10.1. The van der Waals surface area contributed by atoms with Gasteiger partial charge in [-0.05, 0) is 55.0 Å². The minimum absolute atomic E-state index is 0.0509. The largest absolute Gasteiger partial charge is 0.493 e. The van der Waals surface area contributed by atoms with Crippen molar-refractivity contribution in [2.75, 3.05) is 20.8 Å². The molecule has 0 saturated carbocycles. The summed E-state index contributed by atoms with van der Waals surface area (Å²) in [5.41, 5.74) is 1.16. The molecule has 0 atom stereocenters. The number of thiocarbonyl (C=S) groups is 1. The van der Waals surface area contributed by atoms with Crippen LogP contribution in [0.5, 0.6) is 11.5 Å². The van der Waals surface area contributed by atoms with E-state index in [9.17, 15) is 4.79 Å². The van der Waals surface area contributed by atoms with E-state index in [4.69, 9.17) is 9.47 Å². The van der Waals surface area contributed by atoms with Crippen LogP contribution >= 0.6 is 23.6 Å². The Balaban J connectivity index is 0.000000229. The molecule has 2 aromatic rings. The molecule has 1 amide bonds. The fourth-order valence-electron chi connectivity index (χ4n) is 1.95. The van der Waals surface area contributed by atoms with Crippen LogP contribution in [0.4, 0.5) is 0 Å². The molecule has 0 aliphatic carbocycles. The Morgan fingerprint density at radius 2 is 1.87 bits per heavy atom. The normalized spacial score (nSPS) is 12.8. The maximum absolute atomic E-state index is 10.2. The zero-order chi connectivity index (χ0) is 16.8. The number of rotatable bonds is 3. The Morgan fingerprint density at radius 1 is 1.13 bits per heavy atom. The molecule has 1 fully saturated rings. The van der Waals surface area contributed by atoms with Gasteiger partial charge in [0.25, 0.3) is 0 Å². The number of methoxy groups -OCH3 is 2. The highest BCUT2D eigenvalue weighted by Crippen LogP contribution is 2.34. The van der Waals surface area contributed by atoms with Crippen molar-refractivity contribution in [2.45, 2.75) is 6.92 Å². The maximum Gasteiger partial charge on any atom is 0.245 e. The Labute approximate surface area is 144 Å². The molecule has 122 valence electrons. The number of amides is 1. The third-order valence-corrected chi connectivity index (χ3v) is 4.37. The molecule has 23 heavy (non-hydrogen) atoms. The number of thiophene rings is 1. The summed E-state index contributed by atoms with van der Waals surface area (Å²) >= 11 is 6.33. The van der Waals surface area contributed by atoms with E-state index < -0.39 is 0 Å². The Bertz CT molecular complexity index is 699. The smallest absolute Gasteiger partial charge is 0.245 e. The van der Waals surface area contributed by atoms with Crippen LogP contribution in [0.25, 0.3) is 10.4 Å². The number of carbonyl (C=O) groups is 1. The van der Waals surface area contributed by atoms with Gasteiger partial charge in [-0.15, -0.1) is 11.3 Å². The molecule has 3 rings (SSSR count). The van der Waals surface area contributed by atoms with Crippen LogP contribution in [0.15, 0.2) is 30.3 Å². The number of benzene rings is 1. The van der Waals surface area contributed by atoms with E-state index in [0.29, 0.717) is 11.7 Å². The van der Waals surface area contributed by atoms with Crippen molar-refractivity contribution in [1.82, 2.24) is 10.6 Å². The summed E-state index contributed by atoms with van der Waals surface area (Å²) in [6.45, 7) is 2.44. The van der Waals surface area contributed by atoms with E-state index in [1.54, 1.807) is 25.6 Å². The van der Waals surface area contributed by atoms with Gasteiger partial charge in [0.05, 0.1) is 20.8 Å². The van der Waals surface area contributed by atoms with Crippen LogP contribution in [0, 0.1) is 6.92 Å². The molecule has 2 heterocycles. The van der Waals surface area contributed by atoms with E-state index in [1.807, 2.05) is 18.2 Å². The molecular weight excluding hydrogens is 332 g/mol. The number of aryl methyl sites for hydroxylation is 1. The first kappa shape index (κ1) is 17.2. The lowest BCUT2D eigenvalue weighted by molar-refractivity contribution is -0.117. The van der Waals surface area contributed by atoms with Gasteiger partial charge in [0.15, 0.2) is 16.6 Å². The predicted molar refractivity (Wildman–Crippen MR) is 96.3 cm³/mol. The Kier molecular flexibility index (Phi) is 5.95. The molecule has 0 radical (unpaired) electrons. The molecule has 1 aliphatic rings. The summed E-state index contributed by atoms with van der Waals surface area (Å²) in [5.74, 6) is 1.48. The summed E-state index contributed by atoms with van der Waals surface area (Å²) in [5, 5.41) is 5.47. The van der Waals surface area contributed by atoms with Gasteiger partial charge in [-0.3, -0.25) is 4.79 Å². The standard InChI is InChI=1S/C13H14O2S.C3H4N2OS/c1-9-4-7-13(16-9)10-5-6-11(14-2)12(8-10)15-3;6-2-1-4-3(7)5-2/h4-8H,1-3H3;1H2,(H2,4,5,6,7). The minimum atomic E-state index is -0.0509. The molecule has 5 nitrogen and oxygen atoms in total. The first-order valence-electron chi connectivity index (χ1n) is 6.90. The second-order valence-electron chi connectivity index (χ2n) is 4.71. The second-order valence-corrected chi connectivity index (χ2v) is 6.41. The number of hydrogen-bond acceptors (Lipinski definition) is 5. The highest BCUT2D eigenvalue weighted by Gasteiger charge is 2.10. The zero-order valence-corrected chi connectivity index (χ0v) is 14.8. The van der Waals surface area contributed by atoms with Gasteiger partial charge >= 0.3 is 0 Å². The monoisotopic (exact) mass is 350 g/mol. The van der Waals surface area contributed by atoms with Gasteiger partial charge in [0.2, 0.25) is 5.91 Å². The Hall–Kier alpha value is -2.12. The predicted octanol–water partition coefficient (Wildman–Crippen LogP) is 2.73. The molecule has 0 unspecified atom stereocenters. The lowest BCUT2D eigenvalue weighted by Gasteiger charge is -2.08. The van der Waals surface area contributed by atoms with Crippen LogP contribution in [-0.2, 0) is 4.79 Å². The topological polar surface area (TPSA) is 59.6 Å². The summed E-state index contributed by atoms with van der Waals surface area (Å²) in [6.07, 6.45) is 0. The summed E-state index contributed by atoms with van der Waals surface area (Å²) < 4.78 is 10.5. The van der Waals surface area contributed by atoms with E-state index in [0.717, 1.165) is 17.1 Å². The number of hydrogen-bond donors (Lipinski definition) is 2. The molecule has 1 aliphatic heterocycles. The third kappa shape index (κ3) is 4.67. The fraction of sp³-hybridized carbons (Fsp3) is 0.250. The van der Waals surface area contributed by atoms with Crippen molar-refractivity contribution in [3.63, 3.8) is 0 Å². The van der Waals surface area contributed by atoms with Gasteiger partial charge in [-0.1, -0.05) is 0 Å². The molecule has 2 N–H and O–H groups in total. The van der Waals surface area contributed by atoms with Crippen molar-refractivity contribution in [3.05, 3.63) is 35.2 Å². The van der Waals surface area contributed by atoms with E-state index in [2.05, 4.69) is 41.9 Å². The van der Waals surface area contributed by atoms with Gasteiger partial charge in [0.1, 0.15) is 0 Å². The van der Waals surface area contributed by atoms with Gasteiger partial charge in [0, 0.05) is 9.75 Å². The minimum Gasteiger partial charge on any atom is -0.493 e. The number of carbonyl (C=O) groups excluding carboxylic acids is 1. The second kappa shape index (κ2) is 7.94. The molecule has 0 bridgehead atoms. The van der Waals surface area contributed by atoms with Crippen LogP contribution < -0.4 is 20.1 Å². The molecule has 0 spiro atoms. The molecule has 1 saturated heterocycles. The van der Waals surface area contributed by atoms with Crippen LogP contribution in [0.1, 0.15) is 4.88 Å². The molecule has 1 aromatic heterocycles. The fourth-order valence-corrected chi connectivity index (χ4v) is 3.00. The quantitative estimate of drug-likeness (QED) is 0.834. The molecule has 7 heteroatoms. The lowest BCUT2D eigenvalue weighted by Crippen LogP contribution is -2.21. The first-order valence-corrected chi connectivity index (χ1v) is 8.12. The maximum atomic E-state index is 10.2. The summed E-state index contributed by atoms with van der Waals surface area (Å²) in [4.78, 5) is 12.8. The highest BCUT2D eigenvalue weighted by molar-refractivity contribution is 7.80. The van der Waals surface area contributed by atoms with E-state index in [-0.39, 0.29) is 5.91 Å². The molecule has 1 aromatic carbocycles. The molecular formula is C16H18N2O3S2. The summed E-state index contributed by atoms with van der Waals surface area (Å²) in [6, 6.07) is 10.2. The SMILES string of the molecule is COc1ccc(-c2ccc(C)s2)cc1OC.O=C1CNC(=S)N1. The van der Waals surface area contributed by atoms with E-state index >= 15 is 0 Å². The van der Waals surface area contributed by atoms with Crippen LogP contribution in [0.2, 0.25) is 0 Å². The van der Waals surface area contributed by atoms with E-state index in [1.165, 1.54) is 9.75 Å². The van der Waals surface area contributed by atoms with Gasteiger partial charge in [-0.2, -0.15) is 0 Å². The number of nitrogens with one attached hydrogen (secondary N) is 2. The van der Waals surface area contributed by atoms with Crippen molar-refractivity contribution < 1.29 is 14.3 Å². The van der Waals surface area contributed by atoms with Crippen LogP contribution in [-0.4, -0.2) is 31.8 Å². The van der Waals surface area contributed by atoms with Crippen LogP contribution in [0.3, 0.4) is 0 Å². The van der Waals surface area contributed by atoms with Gasteiger partial charge < -0.3 is 20.1 Å². The van der Waals surface area contributed by atoms with Crippen molar-refractivity contribution >= 4 is 34.6 Å². The highest BCUT2D eigenvalue weighted by atomic mass is 32.1. The average Bonchev–Trinajstić information content (AvgIpc) is 3.15. The van der Waals surface area contributed by atoms with Crippen molar-refractivity contribution in [2.24, 2.45) is 0 Å². The average molecular weight is 350 g/mol. The van der Waals surface area contributed by atoms with Crippen molar-refractivity contribution in [3.8, 4) is 21.9 Å². The number of ether oxygens (including phenoxy) is 2. The third-order valence-electron chi connectivity index (χ3n) is 3.07. The summed E-state index contributed by atoms with van der Waals surface area (Å²) in [7, 11) is 3.30. The Morgan fingerprint density at radius 3 is 2.30 bits per heavy atom. The van der Waals surface area contributed by atoms with Crippen molar-refractivity contribution in [1.29, 1.82) is 0 Å². The zero-order valence-electron chi connectivity index (χ0n) is 13.1. The van der Waals surface area contributed by atoms with Gasteiger partial charge in [-0.25, -0.2) is 0 Å². The first-order chi connectivity index (χ1) is 11.0.